The van der Waals surface area contributed by atoms with Crippen LogP contribution in [0.3, 0.4) is 0 Å². The monoisotopic (exact) mass is 509 g/mol. The summed E-state index contributed by atoms with van der Waals surface area (Å²) < 4.78 is 0. The van der Waals surface area contributed by atoms with Gasteiger partial charge in [0.2, 0.25) is 5.91 Å². The molecule has 2 N–H and O–H groups in total. The van der Waals surface area contributed by atoms with Gasteiger partial charge in [0, 0.05) is 57.1 Å². The van der Waals surface area contributed by atoms with Gasteiger partial charge in [0.05, 0.1) is 0 Å². The van der Waals surface area contributed by atoms with Crippen molar-refractivity contribution in [3.63, 3.8) is 0 Å². The number of nitrogens with zero attached hydrogens (tertiary/aromatic N) is 3. The van der Waals surface area contributed by atoms with Gasteiger partial charge in [0.25, 0.3) is 0 Å². The van der Waals surface area contributed by atoms with Crippen molar-refractivity contribution in [3.05, 3.63) is 77.4 Å². The molecular weight excluding hydrogens is 474 g/mol. The average molecular weight is 510 g/mol. The van der Waals surface area contributed by atoms with Crippen LogP contribution in [-0.2, 0) is 17.9 Å². The molecule has 0 aliphatic carbocycles. The number of carbonyl (C=O) groups is 2. The molecule has 196 valence electrons. The number of carbonyl (C=O) groups excluding carboxylic acids is 2. The number of rotatable bonds is 6. The molecule has 3 aromatic rings. The molecule has 0 unspecified atom stereocenters. The average Bonchev–Trinajstić information content (AvgIpc) is 3.45. The van der Waals surface area contributed by atoms with Crippen molar-refractivity contribution in [2.24, 2.45) is 0 Å². The lowest BCUT2D eigenvalue weighted by Gasteiger charge is -2.34. The van der Waals surface area contributed by atoms with Crippen LogP contribution in [0.4, 0.5) is 10.5 Å². The number of hydrogen-bond acceptors (Lipinski definition) is 4. The van der Waals surface area contributed by atoms with E-state index in [-0.39, 0.29) is 11.9 Å². The Hall–Kier alpha value is -4.02. The van der Waals surface area contributed by atoms with Crippen LogP contribution in [0.25, 0.3) is 10.8 Å². The van der Waals surface area contributed by atoms with Gasteiger partial charge in [-0.25, -0.2) is 4.79 Å². The number of benzene rings is 3. The predicted octanol–water partition coefficient (Wildman–Crippen LogP) is 3.56. The van der Waals surface area contributed by atoms with E-state index >= 15 is 0 Å². The minimum absolute atomic E-state index is 0.107. The van der Waals surface area contributed by atoms with Crippen molar-refractivity contribution in [2.45, 2.75) is 32.0 Å². The van der Waals surface area contributed by atoms with Crippen molar-refractivity contribution < 1.29 is 9.59 Å². The molecule has 2 heterocycles. The van der Waals surface area contributed by atoms with Crippen molar-refractivity contribution in [3.8, 4) is 12.3 Å². The predicted molar refractivity (Wildman–Crippen MR) is 152 cm³/mol. The zero-order valence-corrected chi connectivity index (χ0v) is 22.0. The number of amides is 3. The number of likely N-dealkylation sites (tertiary alicyclic amines) is 1. The lowest BCUT2D eigenvalue weighted by molar-refractivity contribution is -0.124. The van der Waals surface area contributed by atoms with E-state index in [1.54, 1.807) is 4.90 Å². The molecule has 3 aromatic carbocycles. The first-order valence-electron chi connectivity index (χ1n) is 13.3. The summed E-state index contributed by atoms with van der Waals surface area (Å²) >= 11 is 0. The highest BCUT2D eigenvalue weighted by atomic mass is 16.2. The molecule has 3 amide bonds. The molecule has 5 rings (SSSR count). The Bertz CT molecular complexity index is 1340. The van der Waals surface area contributed by atoms with E-state index in [0.717, 1.165) is 60.1 Å². The normalized spacial score (nSPS) is 17.8. The Morgan fingerprint density at radius 2 is 1.74 bits per heavy atom. The maximum absolute atomic E-state index is 13.1. The van der Waals surface area contributed by atoms with Gasteiger partial charge < -0.3 is 25.3 Å². The molecule has 2 aliphatic heterocycles. The fourth-order valence-corrected chi connectivity index (χ4v) is 5.33. The van der Waals surface area contributed by atoms with Crippen LogP contribution in [0.1, 0.15) is 29.5 Å². The van der Waals surface area contributed by atoms with Crippen LogP contribution in [0.5, 0.6) is 0 Å². The van der Waals surface area contributed by atoms with E-state index in [0.29, 0.717) is 26.1 Å². The smallest absolute Gasteiger partial charge is 0.318 e. The number of piperazine rings is 1. The van der Waals surface area contributed by atoms with Crippen LogP contribution in [0.2, 0.25) is 0 Å². The molecule has 7 nitrogen and oxygen atoms in total. The number of nitrogens with one attached hydrogen (secondary N) is 2. The Morgan fingerprint density at radius 1 is 0.947 bits per heavy atom. The topological polar surface area (TPSA) is 67.9 Å². The van der Waals surface area contributed by atoms with Crippen LogP contribution >= 0.6 is 0 Å². The van der Waals surface area contributed by atoms with E-state index in [4.69, 9.17) is 6.42 Å². The third kappa shape index (κ3) is 5.76. The minimum atomic E-state index is -0.458. The molecule has 2 fully saturated rings. The van der Waals surface area contributed by atoms with E-state index in [2.05, 4.69) is 57.7 Å². The van der Waals surface area contributed by atoms with Crippen molar-refractivity contribution >= 4 is 28.4 Å². The number of hydrogen-bond donors (Lipinski definition) is 2. The van der Waals surface area contributed by atoms with Gasteiger partial charge >= 0.3 is 6.03 Å². The largest absolute Gasteiger partial charge is 0.369 e. The van der Waals surface area contributed by atoms with Gasteiger partial charge in [0.1, 0.15) is 6.04 Å². The first-order chi connectivity index (χ1) is 18.5. The molecule has 7 heteroatoms. The number of terminal acetylenes is 1. The first kappa shape index (κ1) is 25.6. The highest BCUT2D eigenvalue weighted by Gasteiger charge is 2.33. The van der Waals surface area contributed by atoms with E-state index in [1.165, 1.54) is 5.69 Å². The standard InChI is InChI=1S/C31H35N5O2/c1-3-23-9-12-25-6-4-7-26(28(25)20-23)22-33-31(38)36-15-5-8-29(36)30(37)32-21-24-10-13-27(14-11-24)35-18-16-34(2)17-19-35/h1,4,6-7,9-14,20,29H,5,8,15-19,21-22H2,2H3,(H,32,37)(H,33,38)/t29-/m0/s1. The molecule has 0 radical (unpaired) electrons. The molecule has 0 saturated carbocycles. The Labute approximate surface area is 224 Å². The zero-order chi connectivity index (χ0) is 26.5. The lowest BCUT2D eigenvalue weighted by Crippen LogP contribution is -2.49. The second-order valence-electron chi connectivity index (χ2n) is 10.2. The van der Waals surface area contributed by atoms with Gasteiger partial charge in [-0.3, -0.25) is 4.79 Å². The molecular formula is C31H35N5O2. The minimum Gasteiger partial charge on any atom is -0.369 e. The summed E-state index contributed by atoms with van der Waals surface area (Å²) in [5, 5.41) is 8.16. The molecule has 0 aromatic heterocycles. The third-order valence-corrected chi connectivity index (χ3v) is 7.66. The molecule has 1 atom stereocenters. The number of urea groups is 1. The van der Waals surface area contributed by atoms with Gasteiger partial charge in [-0.05, 0) is 66.1 Å². The van der Waals surface area contributed by atoms with Crippen molar-refractivity contribution in [1.82, 2.24) is 20.4 Å². The van der Waals surface area contributed by atoms with E-state index < -0.39 is 6.04 Å². The quantitative estimate of drug-likeness (QED) is 0.499. The van der Waals surface area contributed by atoms with Crippen LogP contribution < -0.4 is 15.5 Å². The highest BCUT2D eigenvalue weighted by molar-refractivity contribution is 5.89. The fraction of sp³-hybridized carbons (Fsp3) is 0.355. The Balaban J connectivity index is 1.15. The summed E-state index contributed by atoms with van der Waals surface area (Å²) in [7, 11) is 2.15. The number of likely N-dealkylation sites (N-methyl/N-ethyl adjacent to an activating group) is 1. The second kappa shape index (κ2) is 11.6. The fourth-order valence-electron chi connectivity index (χ4n) is 5.33. The molecule has 2 saturated heterocycles. The lowest BCUT2D eigenvalue weighted by atomic mass is 10.0. The summed E-state index contributed by atoms with van der Waals surface area (Å²) in [5.74, 6) is 2.57. The second-order valence-corrected chi connectivity index (χ2v) is 10.2. The van der Waals surface area contributed by atoms with Gasteiger partial charge in [-0.15, -0.1) is 6.42 Å². The Morgan fingerprint density at radius 3 is 2.50 bits per heavy atom. The maximum atomic E-state index is 13.1. The number of fused-ring (bicyclic) bond motifs is 1. The summed E-state index contributed by atoms with van der Waals surface area (Å²) in [6.07, 6.45) is 7.05. The van der Waals surface area contributed by atoms with Gasteiger partial charge in [-0.1, -0.05) is 42.3 Å². The summed E-state index contributed by atoms with van der Waals surface area (Å²) in [6, 6.07) is 19.6. The summed E-state index contributed by atoms with van der Waals surface area (Å²) in [6.45, 7) is 5.57. The van der Waals surface area contributed by atoms with Crippen molar-refractivity contribution in [1.29, 1.82) is 0 Å². The molecule has 0 spiro atoms. The molecule has 2 aliphatic rings. The SMILES string of the molecule is C#Cc1ccc2cccc(CNC(=O)N3CCC[C@H]3C(=O)NCc3ccc(N4CCN(C)CC4)cc3)c2c1. The van der Waals surface area contributed by atoms with Crippen LogP contribution in [0, 0.1) is 12.3 Å². The molecule has 38 heavy (non-hydrogen) atoms. The highest BCUT2D eigenvalue weighted by Crippen LogP contribution is 2.22. The summed E-state index contributed by atoms with van der Waals surface area (Å²) in [4.78, 5) is 32.5. The summed E-state index contributed by atoms with van der Waals surface area (Å²) in [5.41, 5.74) is 4.07. The zero-order valence-electron chi connectivity index (χ0n) is 22.0. The van der Waals surface area contributed by atoms with Crippen LogP contribution in [-0.4, -0.2) is 67.6 Å². The van der Waals surface area contributed by atoms with E-state index in [9.17, 15) is 9.59 Å². The first-order valence-corrected chi connectivity index (χ1v) is 13.3. The van der Waals surface area contributed by atoms with Gasteiger partial charge in [-0.2, -0.15) is 0 Å². The third-order valence-electron chi connectivity index (χ3n) is 7.66. The Kier molecular flexibility index (Phi) is 7.81. The molecule has 0 bridgehead atoms. The maximum Gasteiger partial charge on any atom is 0.318 e. The van der Waals surface area contributed by atoms with Crippen molar-refractivity contribution in [2.75, 3.05) is 44.7 Å². The van der Waals surface area contributed by atoms with Gasteiger partial charge in [0.15, 0.2) is 0 Å². The number of anilines is 1. The van der Waals surface area contributed by atoms with E-state index in [1.807, 2.05) is 36.4 Å². The van der Waals surface area contributed by atoms with Crippen LogP contribution in [0.15, 0.2) is 60.7 Å².